The van der Waals surface area contributed by atoms with Crippen molar-refractivity contribution in [3.05, 3.63) is 11.8 Å². The molecule has 1 saturated heterocycles. The summed E-state index contributed by atoms with van der Waals surface area (Å²) in [5.41, 5.74) is 1.16. The summed E-state index contributed by atoms with van der Waals surface area (Å²) in [5.74, 6) is 2.25. The Bertz CT molecular complexity index is 413. The first-order valence-corrected chi connectivity index (χ1v) is 6.77. The molecule has 2 heterocycles. The van der Waals surface area contributed by atoms with E-state index in [1.807, 2.05) is 7.05 Å². The van der Waals surface area contributed by atoms with Crippen LogP contribution in [-0.4, -0.2) is 36.3 Å². The van der Waals surface area contributed by atoms with Crippen LogP contribution in [0.15, 0.2) is 6.07 Å². The zero-order chi connectivity index (χ0) is 12.4. The first kappa shape index (κ1) is 11.7. The van der Waals surface area contributed by atoms with E-state index in [2.05, 4.69) is 26.7 Å². The standard InChI is InChI=1S/C13H20N4O/c1-14-13-16-11(9-4-5-9)7-12(17-13)15-8-10-3-2-6-18-10/h7,9-10H,2-6,8H2,1H3,(H2,14,15,16,17)/t10-/m0/s1. The largest absolute Gasteiger partial charge is 0.376 e. The van der Waals surface area contributed by atoms with Gasteiger partial charge in [0.15, 0.2) is 0 Å². The van der Waals surface area contributed by atoms with Gasteiger partial charge in [-0.15, -0.1) is 0 Å². The van der Waals surface area contributed by atoms with Crippen molar-refractivity contribution in [2.75, 3.05) is 30.8 Å². The van der Waals surface area contributed by atoms with Crippen LogP contribution in [-0.2, 0) is 4.74 Å². The van der Waals surface area contributed by atoms with E-state index in [4.69, 9.17) is 4.74 Å². The van der Waals surface area contributed by atoms with E-state index in [1.54, 1.807) is 0 Å². The highest BCUT2D eigenvalue weighted by Crippen LogP contribution is 2.39. The van der Waals surface area contributed by atoms with Crippen LogP contribution in [0.2, 0.25) is 0 Å². The first-order valence-electron chi connectivity index (χ1n) is 6.77. The third-order valence-corrected chi connectivity index (χ3v) is 3.50. The molecule has 5 heteroatoms. The highest BCUT2D eigenvalue weighted by atomic mass is 16.5. The van der Waals surface area contributed by atoms with Crippen LogP contribution in [0.3, 0.4) is 0 Å². The lowest BCUT2D eigenvalue weighted by atomic mass is 10.2. The molecule has 1 saturated carbocycles. The van der Waals surface area contributed by atoms with Gasteiger partial charge in [0.05, 0.1) is 11.8 Å². The molecule has 98 valence electrons. The minimum Gasteiger partial charge on any atom is -0.376 e. The Hall–Kier alpha value is -1.36. The van der Waals surface area contributed by atoms with Gasteiger partial charge in [-0.1, -0.05) is 0 Å². The predicted molar refractivity (Wildman–Crippen MR) is 71.0 cm³/mol. The molecule has 0 radical (unpaired) electrons. The molecule has 1 atom stereocenters. The molecule has 0 amide bonds. The van der Waals surface area contributed by atoms with Crippen LogP contribution in [0.1, 0.15) is 37.3 Å². The van der Waals surface area contributed by atoms with Crippen LogP contribution in [0.4, 0.5) is 11.8 Å². The number of nitrogens with one attached hydrogen (secondary N) is 2. The number of hydrogen-bond acceptors (Lipinski definition) is 5. The number of hydrogen-bond donors (Lipinski definition) is 2. The van der Waals surface area contributed by atoms with E-state index < -0.39 is 0 Å². The highest BCUT2D eigenvalue weighted by Gasteiger charge is 2.26. The third-order valence-electron chi connectivity index (χ3n) is 3.50. The molecular weight excluding hydrogens is 228 g/mol. The highest BCUT2D eigenvalue weighted by molar-refractivity contribution is 5.43. The van der Waals surface area contributed by atoms with Gasteiger partial charge in [-0.2, -0.15) is 4.98 Å². The van der Waals surface area contributed by atoms with Crippen molar-refractivity contribution in [2.24, 2.45) is 0 Å². The fourth-order valence-corrected chi connectivity index (χ4v) is 2.28. The zero-order valence-electron chi connectivity index (χ0n) is 10.8. The number of anilines is 2. The molecule has 0 unspecified atom stereocenters. The van der Waals surface area contributed by atoms with Crippen LogP contribution in [0.25, 0.3) is 0 Å². The molecule has 3 rings (SSSR count). The summed E-state index contributed by atoms with van der Waals surface area (Å²) in [5, 5.41) is 6.39. The normalized spacial score (nSPS) is 23.1. The van der Waals surface area contributed by atoms with Gasteiger partial charge in [-0.05, 0) is 25.7 Å². The number of rotatable bonds is 5. The Balaban J connectivity index is 1.67. The second-order valence-corrected chi connectivity index (χ2v) is 5.04. The van der Waals surface area contributed by atoms with Crippen LogP contribution >= 0.6 is 0 Å². The number of ether oxygens (including phenoxy) is 1. The van der Waals surface area contributed by atoms with Crippen molar-refractivity contribution in [3.63, 3.8) is 0 Å². The average molecular weight is 248 g/mol. The molecule has 18 heavy (non-hydrogen) atoms. The van der Waals surface area contributed by atoms with Crippen molar-refractivity contribution in [1.82, 2.24) is 9.97 Å². The maximum absolute atomic E-state index is 5.60. The molecule has 1 aliphatic heterocycles. The van der Waals surface area contributed by atoms with Crippen LogP contribution in [0, 0.1) is 0 Å². The molecular formula is C13H20N4O. The van der Waals surface area contributed by atoms with Crippen LogP contribution < -0.4 is 10.6 Å². The molecule has 2 fully saturated rings. The summed E-state index contributed by atoms with van der Waals surface area (Å²) >= 11 is 0. The minimum atomic E-state index is 0.336. The van der Waals surface area contributed by atoms with Gasteiger partial charge in [0.25, 0.3) is 0 Å². The van der Waals surface area contributed by atoms with E-state index in [9.17, 15) is 0 Å². The fraction of sp³-hybridized carbons (Fsp3) is 0.692. The van der Waals surface area contributed by atoms with Crippen molar-refractivity contribution < 1.29 is 4.74 Å². The molecule has 5 nitrogen and oxygen atoms in total. The Kier molecular flexibility index (Phi) is 3.32. The Labute approximate surface area is 107 Å². The van der Waals surface area contributed by atoms with Gasteiger partial charge in [0.1, 0.15) is 5.82 Å². The summed E-state index contributed by atoms with van der Waals surface area (Å²) in [7, 11) is 1.86. The van der Waals surface area contributed by atoms with Gasteiger partial charge in [-0.3, -0.25) is 0 Å². The van der Waals surface area contributed by atoms with E-state index >= 15 is 0 Å². The Morgan fingerprint density at radius 3 is 2.89 bits per heavy atom. The Morgan fingerprint density at radius 1 is 1.33 bits per heavy atom. The molecule has 1 aliphatic carbocycles. The SMILES string of the molecule is CNc1nc(NC[C@@H]2CCCO2)cc(C2CC2)n1. The van der Waals surface area contributed by atoms with E-state index in [0.717, 1.165) is 31.1 Å². The lowest BCUT2D eigenvalue weighted by Crippen LogP contribution is -2.19. The Morgan fingerprint density at radius 2 is 2.22 bits per heavy atom. The first-order chi connectivity index (χ1) is 8.85. The maximum atomic E-state index is 5.60. The third kappa shape index (κ3) is 2.72. The molecule has 0 spiro atoms. The van der Waals surface area contributed by atoms with E-state index in [0.29, 0.717) is 18.0 Å². The van der Waals surface area contributed by atoms with Gasteiger partial charge < -0.3 is 15.4 Å². The maximum Gasteiger partial charge on any atom is 0.224 e. The van der Waals surface area contributed by atoms with Gasteiger partial charge in [0.2, 0.25) is 5.95 Å². The summed E-state index contributed by atoms with van der Waals surface area (Å²) in [6.07, 6.45) is 5.16. The fourth-order valence-electron chi connectivity index (χ4n) is 2.28. The molecule has 0 bridgehead atoms. The second kappa shape index (κ2) is 5.10. The summed E-state index contributed by atoms with van der Waals surface area (Å²) < 4.78 is 5.60. The summed E-state index contributed by atoms with van der Waals surface area (Å²) in [6.45, 7) is 1.73. The van der Waals surface area contributed by atoms with Crippen molar-refractivity contribution in [2.45, 2.75) is 37.7 Å². The molecule has 1 aromatic rings. The van der Waals surface area contributed by atoms with Crippen LogP contribution in [0.5, 0.6) is 0 Å². The predicted octanol–water partition coefficient (Wildman–Crippen LogP) is 1.99. The van der Waals surface area contributed by atoms with Crippen molar-refractivity contribution >= 4 is 11.8 Å². The van der Waals surface area contributed by atoms with E-state index in [1.165, 1.54) is 19.3 Å². The van der Waals surface area contributed by atoms with Crippen molar-refractivity contribution in [1.29, 1.82) is 0 Å². The molecule has 0 aromatic carbocycles. The van der Waals surface area contributed by atoms with Gasteiger partial charge >= 0.3 is 0 Å². The molecule has 2 aliphatic rings. The van der Waals surface area contributed by atoms with Gasteiger partial charge in [-0.25, -0.2) is 4.98 Å². The monoisotopic (exact) mass is 248 g/mol. The van der Waals surface area contributed by atoms with Crippen molar-refractivity contribution in [3.8, 4) is 0 Å². The minimum absolute atomic E-state index is 0.336. The lowest BCUT2D eigenvalue weighted by Gasteiger charge is -2.12. The lowest BCUT2D eigenvalue weighted by molar-refractivity contribution is 0.120. The molecule has 1 aromatic heterocycles. The van der Waals surface area contributed by atoms with E-state index in [-0.39, 0.29) is 0 Å². The quantitative estimate of drug-likeness (QED) is 0.834. The zero-order valence-corrected chi connectivity index (χ0v) is 10.8. The number of aromatic nitrogens is 2. The summed E-state index contributed by atoms with van der Waals surface area (Å²) in [4.78, 5) is 8.93. The smallest absolute Gasteiger partial charge is 0.224 e. The summed E-state index contributed by atoms with van der Waals surface area (Å²) in [6, 6.07) is 2.08. The molecule has 2 N–H and O–H groups in total. The average Bonchev–Trinajstić information content (AvgIpc) is 3.13. The second-order valence-electron chi connectivity index (χ2n) is 5.04. The van der Waals surface area contributed by atoms with Gasteiger partial charge in [0, 0.05) is 32.2 Å². The topological polar surface area (TPSA) is 59.1 Å². The number of nitrogens with zero attached hydrogens (tertiary/aromatic N) is 2.